The number of hydrogen-bond acceptors (Lipinski definition) is 5. The van der Waals surface area contributed by atoms with Gasteiger partial charge in [0.1, 0.15) is 11.5 Å². The first-order chi connectivity index (χ1) is 17.1. The van der Waals surface area contributed by atoms with Gasteiger partial charge in [0, 0.05) is 26.2 Å². The van der Waals surface area contributed by atoms with E-state index in [1.54, 1.807) is 22.5 Å². The Bertz CT molecular complexity index is 1030. The second-order valence-corrected chi connectivity index (χ2v) is 11.9. The summed E-state index contributed by atoms with van der Waals surface area (Å²) in [4.78, 5) is 2.52. The van der Waals surface area contributed by atoms with E-state index in [2.05, 4.69) is 58.6 Å². The number of piperazine rings is 1. The van der Waals surface area contributed by atoms with Crippen molar-refractivity contribution in [3.8, 4) is 11.5 Å². The van der Waals surface area contributed by atoms with Crippen molar-refractivity contribution < 1.29 is 17.9 Å². The van der Waals surface area contributed by atoms with Crippen molar-refractivity contribution in [3.63, 3.8) is 0 Å². The van der Waals surface area contributed by atoms with E-state index < -0.39 is 10.0 Å². The Morgan fingerprint density at radius 3 is 1.83 bits per heavy atom. The highest BCUT2D eigenvalue weighted by Gasteiger charge is 2.28. The number of benzene rings is 2. The van der Waals surface area contributed by atoms with Crippen molar-refractivity contribution >= 4 is 10.0 Å². The van der Waals surface area contributed by atoms with Crippen LogP contribution in [0.2, 0.25) is 0 Å². The maximum Gasteiger partial charge on any atom is 0.243 e. The van der Waals surface area contributed by atoms with Crippen LogP contribution in [0.25, 0.3) is 0 Å². The third-order valence-electron chi connectivity index (χ3n) is 6.17. The zero-order valence-corrected chi connectivity index (χ0v) is 24.1. The van der Waals surface area contributed by atoms with Crippen molar-refractivity contribution in [1.29, 1.82) is 0 Å². The number of nitrogens with zero attached hydrogens (tertiary/aromatic N) is 2. The lowest BCUT2D eigenvalue weighted by Gasteiger charge is -2.31. The summed E-state index contributed by atoms with van der Waals surface area (Å²) in [6.07, 6.45) is 1.99. The predicted molar refractivity (Wildman–Crippen MR) is 149 cm³/mol. The number of rotatable bonds is 10. The van der Waals surface area contributed by atoms with Gasteiger partial charge >= 0.3 is 0 Å². The number of ether oxygens (including phenoxy) is 2. The molecule has 0 atom stereocenters. The molecule has 1 fully saturated rings. The van der Waals surface area contributed by atoms with Crippen LogP contribution in [0.5, 0.6) is 11.5 Å². The molecule has 0 N–H and O–H groups in total. The van der Waals surface area contributed by atoms with Gasteiger partial charge in [-0.15, -0.1) is 0 Å². The Morgan fingerprint density at radius 1 is 0.778 bits per heavy atom. The Kier molecular flexibility index (Phi) is 12.2. The molecule has 0 amide bonds. The van der Waals surface area contributed by atoms with Crippen LogP contribution in [0.1, 0.15) is 77.3 Å². The molecule has 7 heteroatoms. The van der Waals surface area contributed by atoms with Gasteiger partial charge < -0.3 is 14.4 Å². The Balaban J connectivity index is 0.000000297. The van der Waals surface area contributed by atoms with Crippen LogP contribution in [0.3, 0.4) is 0 Å². The van der Waals surface area contributed by atoms with Gasteiger partial charge in [0.25, 0.3) is 0 Å². The Labute approximate surface area is 219 Å². The summed E-state index contributed by atoms with van der Waals surface area (Å²) in [6.45, 7) is 16.8. The maximum atomic E-state index is 12.9. The minimum atomic E-state index is -3.43. The third kappa shape index (κ3) is 8.49. The number of likely N-dealkylation sites (N-methyl/N-ethyl adjacent to an activating group) is 1. The van der Waals surface area contributed by atoms with Gasteiger partial charge in [0.05, 0.1) is 18.1 Å². The first-order valence-corrected chi connectivity index (χ1v) is 14.7. The normalized spacial score (nSPS) is 15.0. The van der Waals surface area contributed by atoms with E-state index in [4.69, 9.17) is 9.47 Å². The average Bonchev–Trinajstić information content (AvgIpc) is 2.86. The molecule has 1 saturated heterocycles. The fourth-order valence-corrected chi connectivity index (χ4v) is 5.42. The lowest BCUT2D eigenvalue weighted by Crippen LogP contribution is -2.47. The highest BCUT2D eigenvalue weighted by atomic mass is 32.2. The molecule has 0 saturated carbocycles. The lowest BCUT2D eigenvalue weighted by atomic mass is 10.0. The molecule has 0 aliphatic carbocycles. The summed E-state index contributed by atoms with van der Waals surface area (Å²) in [7, 11) is -1.41. The molecular weight excluding hydrogens is 472 g/mol. The fourth-order valence-electron chi connectivity index (χ4n) is 3.96. The van der Waals surface area contributed by atoms with Gasteiger partial charge in [0.2, 0.25) is 10.0 Å². The van der Waals surface area contributed by atoms with Crippen LogP contribution in [0.15, 0.2) is 47.4 Å². The summed E-state index contributed by atoms with van der Waals surface area (Å²) < 4.78 is 38.7. The monoisotopic (exact) mass is 518 g/mol. The predicted octanol–water partition coefficient (Wildman–Crippen LogP) is 6.13. The topological polar surface area (TPSA) is 59.1 Å². The van der Waals surface area contributed by atoms with Gasteiger partial charge in [-0.2, -0.15) is 4.31 Å². The van der Waals surface area contributed by atoms with Crippen LogP contribution in [-0.4, -0.2) is 64.1 Å². The quantitative estimate of drug-likeness (QED) is 0.378. The van der Waals surface area contributed by atoms with Crippen LogP contribution in [-0.2, 0) is 10.0 Å². The smallest absolute Gasteiger partial charge is 0.243 e. The SMILES string of the molecule is CCCOc1ccc(S(=O)(=O)N2CCN(C)CC2)cc1C(C)C.CCCOc1ccccc1C(C)C. The Morgan fingerprint density at radius 2 is 1.31 bits per heavy atom. The van der Waals surface area contributed by atoms with Gasteiger partial charge in [-0.3, -0.25) is 0 Å². The van der Waals surface area contributed by atoms with Crippen molar-refractivity contribution in [2.45, 2.75) is 71.1 Å². The van der Waals surface area contributed by atoms with E-state index in [1.165, 1.54) is 5.56 Å². The summed E-state index contributed by atoms with van der Waals surface area (Å²) in [6, 6.07) is 13.5. The van der Waals surface area contributed by atoms with E-state index in [0.717, 1.165) is 49.6 Å². The van der Waals surface area contributed by atoms with Crippen LogP contribution < -0.4 is 9.47 Å². The Hall–Kier alpha value is -2.09. The molecule has 0 spiro atoms. The van der Waals surface area contributed by atoms with E-state index in [1.807, 2.05) is 19.2 Å². The number of sulfonamides is 1. The minimum absolute atomic E-state index is 0.212. The second-order valence-electron chi connectivity index (χ2n) is 9.95. The summed E-state index contributed by atoms with van der Waals surface area (Å²) in [5, 5.41) is 0. The first-order valence-electron chi connectivity index (χ1n) is 13.3. The summed E-state index contributed by atoms with van der Waals surface area (Å²) >= 11 is 0. The molecule has 2 aromatic rings. The maximum absolute atomic E-state index is 12.9. The molecule has 2 aromatic carbocycles. The van der Waals surface area contributed by atoms with Crippen LogP contribution >= 0.6 is 0 Å². The van der Waals surface area contributed by atoms with E-state index in [-0.39, 0.29) is 5.92 Å². The highest BCUT2D eigenvalue weighted by molar-refractivity contribution is 7.89. The van der Waals surface area contributed by atoms with Gasteiger partial charge in [-0.1, -0.05) is 59.7 Å². The molecule has 1 aliphatic rings. The molecule has 202 valence electrons. The fraction of sp³-hybridized carbons (Fsp3) is 0.586. The average molecular weight is 519 g/mol. The summed E-state index contributed by atoms with van der Waals surface area (Å²) in [5.74, 6) is 2.58. The van der Waals surface area contributed by atoms with E-state index in [0.29, 0.717) is 30.5 Å². The van der Waals surface area contributed by atoms with Crippen molar-refractivity contribution in [2.75, 3.05) is 46.4 Å². The molecule has 36 heavy (non-hydrogen) atoms. The van der Waals surface area contributed by atoms with Gasteiger partial charge in [0.15, 0.2) is 0 Å². The second kappa shape index (κ2) is 14.6. The summed E-state index contributed by atoms with van der Waals surface area (Å²) in [5.41, 5.74) is 2.25. The zero-order valence-electron chi connectivity index (χ0n) is 23.3. The molecular formula is C29H46N2O4S. The molecule has 0 aromatic heterocycles. The van der Waals surface area contributed by atoms with Crippen molar-refractivity contribution in [3.05, 3.63) is 53.6 Å². The van der Waals surface area contributed by atoms with Gasteiger partial charge in [-0.25, -0.2) is 8.42 Å². The lowest BCUT2D eigenvalue weighted by molar-refractivity contribution is 0.222. The molecule has 0 bridgehead atoms. The molecule has 3 rings (SSSR count). The molecule has 0 radical (unpaired) electrons. The van der Waals surface area contributed by atoms with Crippen LogP contribution in [0, 0.1) is 0 Å². The van der Waals surface area contributed by atoms with Crippen molar-refractivity contribution in [1.82, 2.24) is 9.21 Å². The number of para-hydroxylation sites is 1. The standard InChI is InChI=1S/C17H28N2O3S.C12H18O/c1-5-12-22-17-7-6-15(13-16(17)14(2)3)23(20,21)19-10-8-18(4)9-11-19;1-4-9-13-12-8-6-5-7-11(12)10(2)3/h6-7,13-14H,5,8-12H2,1-4H3;5-8,10H,4,9H2,1-3H3. The zero-order chi connectivity index (χ0) is 26.7. The van der Waals surface area contributed by atoms with Crippen LogP contribution in [0.4, 0.5) is 0 Å². The molecule has 6 nitrogen and oxygen atoms in total. The number of hydrogen-bond donors (Lipinski definition) is 0. The first kappa shape index (κ1) is 30.1. The molecule has 1 heterocycles. The highest BCUT2D eigenvalue weighted by Crippen LogP contribution is 2.31. The van der Waals surface area contributed by atoms with Gasteiger partial charge in [-0.05, 0) is 67.1 Å². The third-order valence-corrected chi connectivity index (χ3v) is 8.06. The molecule has 1 aliphatic heterocycles. The van der Waals surface area contributed by atoms with E-state index >= 15 is 0 Å². The van der Waals surface area contributed by atoms with Crippen molar-refractivity contribution in [2.24, 2.45) is 0 Å². The largest absolute Gasteiger partial charge is 0.493 e. The van der Waals surface area contributed by atoms with E-state index in [9.17, 15) is 8.42 Å². The minimum Gasteiger partial charge on any atom is -0.493 e. The molecule has 0 unspecified atom stereocenters.